The van der Waals surface area contributed by atoms with Gasteiger partial charge in [0, 0.05) is 11.6 Å². The summed E-state index contributed by atoms with van der Waals surface area (Å²) in [6.07, 6.45) is 1.74. The first-order valence-corrected chi connectivity index (χ1v) is 10.6. The van der Waals surface area contributed by atoms with E-state index < -0.39 is 12.0 Å². The largest absolute Gasteiger partial charge is 0.463 e. The molecule has 0 bridgehead atoms. The van der Waals surface area contributed by atoms with Crippen LogP contribution >= 0.6 is 0 Å². The summed E-state index contributed by atoms with van der Waals surface area (Å²) in [5, 5.41) is 10.0. The normalized spacial score (nSPS) is 15.8. The zero-order valence-electron chi connectivity index (χ0n) is 18.4. The molecule has 0 fully saturated rings. The molecule has 7 nitrogen and oxygen atoms in total. The molecule has 0 radical (unpaired) electrons. The summed E-state index contributed by atoms with van der Waals surface area (Å²) in [7, 11) is 0. The third kappa shape index (κ3) is 4.27. The molecule has 0 saturated heterocycles. The zero-order chi connectivity index (χ0) is 22.7. The Morgan fingerprint density at radius 2 is 1.97 bits per heavy atom. The molecule has 0 unspecified atom stereocenters. The molecule has 2 heterocycles. The average molecular weight is 431 g/mol. The Morgan fingerprint density at radius 3 is 2.78 bits per heavy atom. The van der Waals surface area contributed by atoms with Crippen LogP contribution in [0, 0.1) is 13.8 Å². The molecule has 7 heteroatoms. The van der Waals surface area contributed by atoms with Crippen molar-refractivity contribution < 1.29 is 14.3 Å². The lowest BCUT2D eigenvalue weighted by Gasteiger charge is -2.30. The Bertz CT molecular complexity index is 1210. The van der Waals surface area contributed by atoms with Gasteiger partial charge in [-0.2, -0.15) is 0 Å². The van der Waals surface area contributed by atoms with Crippen LogP contribution in [0.2, 0.25) is 0 Å². The molecule has 3 aromatic rings. The maximum absolute atomic E-state index is 13.0. The number of anilines is 1. The summed E-state index contributed by atoms with van der Waals surface area (Å²) < 4.78 is 5.36. The van der Waals surface area contributed by atoms with Crippen LogP contribution in [-0.4, -0.2) is 30.1 Å². The van der Waals surface area contributed by atoms with E-state index in [-0.39, 0.29) is 19.2 Å². The van der Waals surface area contributed by atoms with Crippen LogP contribution in [0.3, 0.4) is 0 Å². The third-order valence-corrected chi connectivity index (χ3v) is 5.48. The van der Waals surface area contributed by atoms with Crippen LogP contribution in [0.4, 0.5) is 10.5 Å². The van der Waals surface area contributed by atoms with Gasteiger partial charge < -0.3 is 20.7 Å². The summed E-state index contributed by atoms with van der Waals surface area (Å²) in [6.45, 7) is 6.18. The summed E-state index contributed by atoms with van der Waals surface area (Å²) in [5.41, 5.74) is 5.40. The number of benzene rings is 2. The SMILES string of the molecule is CCOC(=O)C1=C(CNc2cccc3cccnc23)NC(=O)N[C@@H]1c1cc(C)ccc1C. The highest BCUT2D eigenvalue weighted by Gasteiger charge is 2.34. The van der Waals surface area contributed by atoms with E-state index in [2.05, 4.69) is 20.9 Å². The molecule has 4 rings (SSSR count). The first-order chi connectivity index (χ1) is 15.5. The Balaban J connectivity index is 1.75. The number of aryl methyl sites for hydroxylation is 2. The van der Waals surface area contributed by atoms with Crippen molar-refractivity contribution in [2.45, 2.75) is 26.8 Å². The van der Waals surface area contributed by atoms with E-state index in [0.29, 0.717) is 11.3 Å². The maximum Gasteiger partial charge on any atom is 0.338 e. The standard InChI is InChI=1S/C25H26N4O3/c1-4-32-24(30)21-20(14-27-19-9-5-7-17-8-6-12-26-22(17)19)28-25(31)29-23(21)18-13-15(2)10-11-16(18)3/h5-13,23,27H,4,14H2,1-3H3,(H2,28,29,31)/t23-/m1/s1. The Labute approximate surface area is 186 Å². The molecule has 1 aliphatic heterocycles. The van der Waals surface area contributed by atoms with Crippen LogP contribution in [0.1, 0.15) is 29.7 Å². The van der Waals surface area contributed by atoms with Crippen LogP contribution in [0.25, 0.3) is 10.9 Å². The van der Waals surface area contributed by atoms with E-state index >= 15 is 0 Å². The van der Waals surface area contributed by atoms with E-state index in [1.165, 1.54) is 0 Å². The van der Waals surface area contributed by atoms with E-state index in [9.17, 15) is 9.59 Å². The van der Waals surface area contributed by atoms with Crippen molar-refractivity contribution in [3.63, 3.8) is 0 Å². The minimum atomic E-state index is -0.606. The first kappa shape index (κ1) is 21.4. The molecule has 1 atom stereocenters. The number of rotatable bonds is 6. The van der Waals surface area contributed by atoms with E-state index in [4.69, 9.17) is 4.74 Å². The number of hydrogen-bond acceptors (Lipinski definition) is 5. The molecule has 3 N–H and O–H groups in total. The van der Waals surface area contributed by atoms with Crippen LogP contribution in [-0.2, 0) is 9.53 Å². The number of carbonyl (C=O) groups excluding carboxylic acids is 2. The smallest absolute Gasteiger partial charge is 0.338 e. The van der Waals surface area contributed by atoms with E-state index in [1.54, 1.807) is 13.1 Å². The number of hydrogen-bond donors (Lipinski definition) is 3. The lowest BCUT2D eigenvalue weighted by molar-refractivity contribution is -0.139. The second kappa shape index (κ2) is 9.09. The molecule has 32 heavy (non-hydrogen) atoms. The molecule has 0 saturated carbocycles. The highest BCUT2D eigenvalue weighted by atomic mass is 16.5. The van der Waals surface area contributed by atoms with Crippen molar-refractivity contribution in [1.82, 2.24) is 15.6 Å². The summed E-state index contributed by atoms with van der Waals surface area (Å²) in [4.78, 5) is 30.0. The molecule has 1 aliphatic rings. The van der Waals surface area contributed by atoms with Gasteiger partial charge in [-0.25, -0.2) is 9.59 Å². The number of esters is 1. The van der Waals surface area contributed by atoms with Gasteiger partial charge in [-0.05, 0) is 44.0 Å². The van der Waals surface area contributed by atoms with Gasteiger partial charge in [-0.15, -0.1) is 0 Å². The van der Waals surface area contributed by atoms with Gasteiger partial charge in [-0.1, -0.05) is 42.0 Å². The fraction of sp³-hybridized carbons (Fsp3) is 0.240. The monoisotopic (exact) mass is 430 g/mol. The van der Waals surface area contributed by atoms with Gasteiger partial charge in [0.25, 0.3) is 0 Å². The second-order valence-electron chi connectivity index (χ2n) is 7.74. The number of para-hydroxylation sites is 1. The number of nitrogens with one attached hydrogen (secondary N) is 3. The van der Waals surface area contributed by atoms with Crippen molar-refractivity contribution in [2.24, 2.45) is 0 Å². The van der Waals surface area contributed by atoms with Gasteiger partial charge in [0.1, 0.15) is 0 Å². The molecular formula is C25H26N4O3. The van der Waals surface area contributed by atoms with Crippen LogP contribution < -0.4 is 16.0 Å². The second-order valence-corrected chi connectivity index (χ2v) is 7.74. The van der Waals surface area contributed by atoms with Crippen molar-refractivity contribution in [3.8, 4) is 0 Å². The molecule has 2 aromatic carbocycles. The van der Waals surface area contributed by atoms with Crippen molar-refractivity contribution in [2.75, 3.05) is 18.5 Å². The minimum absolute atomic E-state index is 0.235. The lowest BCUT2D eigenvalue weighted by Crippen LogP contribution is -2.47. The number of aromatic nitrogens is 1. The van der Waals surface area contributed by atoms with Gasteiger partial charge >= 0.3 is 12.0 Å². The topological polar surface area (TPSA) is 92.3 Å². The van der Waals surface area contributed by atoms with E-state index in [0.717, 1.165) is 33.3 Å². The number of amides is 2. The summed E-state index contributed by atoms with van der Waals surface area (Å²) >= 11 is 0. The Kier molecular flexibility index (Phi) is 6.07. The summed E-state index contributed by atoms with van der Waals surface area (Å²) in [5.74, 6) is -0.459. The molecule has 2 amide bonds. The highest BCUT2D eigenvalue weighted by Crippen LogP contribution is 2.31. The molecule has 0 aliphatic carbocycles. The fourth-order valence-corrected chi connectivity index (χ4v) is 3.94. The predicted octanol–water partition coefficient (Wildman–Crippen LogP) is 4.13. The lowest BCUT2D eigenvalue weighted by atomic mass is 9.91. The molecular weight excluding hydrogens is 404 g/mol. The van der Waals surface area contributed by atoms with Crippen molar-refractivity contribution >= 4 is 28.6 Å². The number of ether oxygens (including phenoxy) is 1. The predicted molar refractivity (Wildman–Crippen MR) is 124 cm³/mol. The molecule has 164 valence electrons. The van der Waals surface area contributed by atoms with Gasteiger partial charge in [-0.3, -0.25) is 4.98 Å². The number of urea groups is 1. The Morgan fingerprint density at radius 1 is 1.16 bits per heavy atom. The quantitative estimate of drug-likeness (QED) is 0.511. The first-order valence-electron chi connectivity index (χ1n) is 10.6. The van der Waals surface area contributed by atoms with Gasteiger partial charge in [0.15, 0.2) is 0 Å². The van der Waals surface area contributed by atoms with Crippen LogP contribution in [0.5, 0.6) is 0 Å². The van der Waals surface area contributed by atoms with Crippen molar-refractivity contribution in [3.05, 3.63) is 82.7 Å². The number of fused-ring (bicyclic) bond motifs is 1. The number of nitrogens with zero attached hydrogens (tertiary/aromatic N) is 1. The van der Waals surface area contributed by atoms with Crippen molar-refractivity contribution in [1.29, 1.82) is 0 Å². The average Bonchev–Trinajstić information content (AvgIpc) is 2.79. The molecule has 0 spiro atoms. The highest BCUT2D eigenvalue weighted by molar-refractivity contribution is 5.96. The number of pyridine rings is 1. The maximum atomic E-state index is 13.0. The van der Waals surface area contributed by atoms with E-state index in [1.807, 2.05) is 62.4 Å². The molecule has 1 aromatic heterocycles. The third-order valence-electron chi connectivity index (χ3n) is 5.48. The van der Waals surface area contributed by atoms with Gasteiger partial charge in [0.05, 0.1) is 41.7 Å². The Hall–Kier alpha value is -3.87. The minimum Gasteiger partial charge on any atom is -0.463 e. The fourth-order valence-electron chi connectivity index (χ4n) is 3.94. The van der Waals surface area contributed by atoms with Crippen LogP contribution in [0.15, 0.2) is 66.0 Å². The summed E-state index contributed by atoms with van der Waals surface area (Å²) in [6, 6.07) is 14.7. The van der Waals surface area contributed by atoms with Gasteiger partial charge in [0.2, 0.25) is 0 Å². The number of carbonyl (C=O) groups is 2. The zero-order valence-corrected chi connectivity index (χ0v) is 18.4.